The van der Waals surface area contributed by atoms with Gasteiger partial charge in [-0.3, -0.25) is 4.79 Å². The number of aromatic nitrogens is 2. The van der Waals surface area contributed by atoms with Gasteiger partial charge in [-0.1, -0.05) is 22.0 Å². The molecular formula is C17H14BrN3O. The molecule has 1 aromatic carbocycles. The number of halogens is 1. The minimum Gasteiger partial charge on any atom is -0.323 e. The molecule has 0 bridgehead atoms. The second kappa shape index (κ2) is 6.15. The van der Waals surface area contributed by atoms with E-state index in [0.717, 1.165) is 27.1 Å². The van der Waals surface area contributed by atoms with Crippen molar-refractivity contribution in [2.75, 3.05) is 5.32 Å². The summed E-state index contributed by atoms with van der Waals surface area (Å²) in [5, 5.41) is 2.84. The van der Waals surface area contributed by atoms with E-state index in [0.29, 0.717) is 0 Å². The molecule has 0 fully saturated rings. The number of pyridine rings is 1. The van der Waals surface area contributed by atoms with E-state index in [4.69, 9.17) is 0 Å². The third kappa shape index (κ3) is 3.09. The Labute approximate surface area is 136 Å². The monoisotopic (exact) mass is 355 g/mol. The number of anilines is 1. The Kier molecular flexibility index (Phi) is 4.06. The number of hydrogen-bond acceptors (Lipinski definition) is 2. The summed E-state index contributed by atoms with van der Waals surface area (Å²) in [6.45, 7) is 1.98. The van der Waals surface area contributed by atoms with Crippen LogP contribution in [0.5, 0.6) is 0 Å². The molecule has 0 aliphatic heterocycles. The van der Waals surface area contributed by atoms with Crippen LogP contribution in [0, 0.1) is 6.92 Å². The topological polar surface area (TPSA) is 46.4 Å². The van der Waals surface area contributed by atoms with Crippen LogP contribution < -0.4 is 5.32 Å². The zero-order chi connectivity index (χ0) is 15.5. The first-order chi connectivity index (χ1) is 10.6. The predicted molar refractivity (Wildman–Crippen MR) is 91.7 cm³/mol. The molecule has 1 N–H and O–H groups in total. The maximum absolute atomic E-state index is 12.0. The third-order valence-corrected chi connectivity index (χ3v) is 4.17. The van der Waals surface area contributed by atoms with Crippen molar-refractivity contribution in [3.05, 3.63) is 70.6 Å². The molecule has 22 heavy (non-hydrogen) atoms. The summed E-state index contributed by atoms with van der Waals surface area (Å²) in [4.78, 5) is 16.3. The van der Waals surface area contributed by atoms with Gasteiger partial charge in [0.15, 0.2) is 0 Å². The van der Waals surface area contributed by atoms with Crippen molar-refractivity contribution >= 4 is 39.2 Å². The van der Waals surface area contributed by atoms with E-state index in [1.54, 1.807) is 12.3 Å². The molecule has 0 saturated carbocycles. The van der Waals surface area contributed by atoms with Gasteiger partial charge >= 0.3 is 0 Å². The zero-order valence-electron chi connectivity index (χ0n) is 12.0. The first-order valence-electron chi connectivity index (χ1n) is 6.81. The lowest BCUT2D eigenvalue weighted by atomic mass is 10.2. The number of carbonyl (C=O) groups excluding carboxylic acids is 1. The number of fused-ring (bicyclic) bond motifs is 1. The number of nitrogens with one attached hydrogen (secondary N) is 1. The number of imidazole rings is 1. The van der Waals surface area contributed by atoms with Gasteiger partial charge in [0.25, 0.3) is 0 Å². The van der Waals surface area contributed by atoms with Crippen molar-refractivity contribution in [3.8, 4) is 0 Å². The number of hydrogen-bond donors (Lipinski definition) is 1. The fourth-order valence-electron chi connectivity index (χ4n) is 2.14. The molecule has 3 aromatic rings. The smallest absolute Gasteiger partial charge is 0.248 e. The Morgan fingerprint density at radius 1 is 1.32 bits per heavy atom. The number of benzene rings is 1. The van der Waals surface area contributed by atoms with E-state index in [1.807, 2.05) is 53.9 Å². The second-order valence-corrected chi connectivity index (χ2v) is 5.75. The van der Waals surface area contributed by atoms with Gasteiger partial charge in [0.1, 0.15) is 5.65 Å². The summed E-state index contributed by atoms with van der Waals surface area (Å²) >= 11 is 3.44. The Bertz CT molecular complexity index is 867. The van der Waals surface area contributed by atoms with Gasteiger partial charge in [-0.2, -0.15) is 0 Å². The van der Waals surface area contributed by atoms with Crippen molar-refractivity contribution < 1.29 is 4.79 Å². The van der Waals surface area contributed by atoms with Crippen molar-refractivity contribution in [2.24, 2.45) is 0 Å². The third-order valence-electron chi connectivity index (χ3n) is 3.28. The van der Waals surface area contributed by atoms with Crippen LogP contribution in [0.4, 0.5) is 5.69 Å². The second-order valence-electron chi connectivity index (χ2n) is 4.90. The van der Waals surface area contributed by atoms with E-state index in [-0.39, 0.29) is 5.91 Å². The van der Waals surface area contributed by atoms with E-state index < -0.39 is 0 Å². The van der Waals surface area contributed by atoms with Crippen LogP contribution in [0.3, 0.4) is 0 Å². The maximum Gasteiger partial charge on any atom is 0.248 e. The quantitative estimate of drug-likeness (QED) is 0.720. The minimum absolute atomic E-state index is 0.174. The fourth-order valence-corrected chi connectivity index (χ4v) is 2.39. The summed E-state index contributed by atoms with van der Waals surface area (Å²) < 4.78 is 2.94. The van der Waals surface area contributed by atoms with Crippen LogP contribution in [0.2, 0.25) is 0 Å². The number of amides is 1. The Morgan fingerprint density at radius 2 is 2.18 bits per heavy atom. The number of aryl methyl sites for hydroxylation is 1. The molecule has 0 radical (unpaired) electrons. The molecular weight excluding hydrogens is 342 g/mol. The van der Waals surface area contributed by atoms with E-state index in [2.05, 4.69) is 26.2 Å². The van der Waals surface area contributed by atoms with Gasteiger partial charge in [-0.25, -0.2) is 4.98 Å². The van der Waals surface area contributed by atoms with Gasteiger partial charge in [-0.15, -0.1) is 0 Å². The van der Waals surface area contributed by atoms with Crippen LogP contribution >= 0.6 is 15.9 Å². The molecule has 0 atom stereocenters. The summed E-state index contributed by atoms with van der Waals surface area (Å²) in [7, 11) is 0. The van der Waals surface area contributed by atoms with Gasteiger partial charge in [0.05, 0.1) is 11.9 Å². The average molecular weight is 356 g/mol. The highest BCUT2D eigenvalue weighted by atomic mass is 79.9. The highest BCUT2D eigenvalue weighted by molar-refractivity contribution is 9.10. The van der Waals surface area contributed by atoms with Gasteiger partial charge in [0, 0.05) is 22.4 Å². The molecule has 110 valence electrons. The minimum atomic E-state index is -0.174. The lowest BCUT2D eigenvalue weighted by Crippen LogP contribution is -2.07. The van der Waals surface area contributed by atoms with Crippen molar-refractivity contribution in [1.82, 2.24) is 9.38 Å². The highest BCUT2D eigenvalue weighted by Crippen LogP contribution is 2.20. The lowest BCUT2D eigenvalue weighted by Gasteiger charge is -2.04. The largest absolute Gasteiger partial charge is 0.323 e. The molecule has 0 saturated heterocycles. The molecule has 2 aromatic heterocycles. The molecule has 2 heterocycles. The Hall–Kier alpha value is -2.40. The Morgan fingerprint density at radius 3 is 3.00 bits per heavy atom. The molecule has 0 unspecified atom stereocenters. The molecule has 0 aliphatic carbocycles. The molecule has 3 rings (SSSR count). The van der Waals surface area contributed by atoms with E-state index in [1.165, 1.54) is 6.08 Å². The van der Waals surface area contributed by atoms with Crippen LogP contribution in [0.1, 0.15) is 11.3 Å². The summed E-state index contributed by atoms with van der Waals surface area (Å²) in [6.07, 6.45) is 6.91. The number of nitrogens with zero attached hydrogens (tertiary/aromatic N) is 2. The Balaban J connectivity index is 1.74. The number of carbonyl (C=O) groups is 1. The van der Waals surface area contributed by atoms with Crippen LogP contribution in [-0.2, 0) is 4.79 Å². The molecule has 4 nitrogen and oxygen atoms in total. The predicted octanol–water partition coefficient (Wildman–Crippen LogP) is 4.06. The SMILES string of the molecule is Cc1cc(NC(=O)/C=C/c2cnc3ccccn23)ccc1Br. The fraction of sp³-hybridized carbons (Fsp3) is 0.0588. The highest BCUT2D eigenvalue weighted by Gasteiger charge is 2.02. The van der Waals surface area contributed by atoms with Gasteiger partial charge in [-0.05, 0) is 48.9 Å². The molecule has 5 heteroatoms. The van der Waals surface area contributed by atoms with Gasteiger partial charge in [0.2, 0.25) is 5.91 Å². The first kappa shape index (κ1) is 14.5. The first-order valence-corrected chi connectivity index (χ1v) is 7.60. The molecule has 0 aliphatic rings. The lowest BCUT2D eigenvalue weighted by molar-refractivity contribution is -0.111. The molecule has 0 spiro atoms. The van der Waals surface area contributed by atoms with Crippen LogP contribution in [0.25, 0.3) is 11.7 Å². The zero-order valence-corrected chi connectivity index (χ0v) is 13.5. The van der Waals surface area contributed by atoms with Crippen LogP contribution in [0.15, 0.2) is 59.3 Å². The van der Waals surface area contributed by atoms with Crippen molar-refractivity contribution in [2.45, 2.75) is 6.92 Å². The average Bonchev–Trinajstić information content (AvgIpc) is 2.92. The van der Waals surface area contributed by atoms with Crippen LogP contribution in [-0.4, -0.2) is 15.3 Å². The maximum atomic E-state index is 12.0. The van der Waals surface area contributed by atoms with Crippen molar-refractivity contribution in [1.29, 1.82) is 0 Å². The van der Waals surface area contributed by atoms with Gasteiger partial charge < -0.3 is 9.72 Å². The standard InChI is InChI=1S/C17H14BrN3O/c1-12-10-13(5-7-15(12)18)20-17(22)8-6-14-11-19-16-4-2-3-9-21(14)16/h2-11H,1H3,(H,20,22)/b8-6+. The normalized spacial score (nSPS) is 11.2. The van der Waals surface area contributed by atoms with Crippen molar-refractivity contribution in [3.63, 3.8) is 0 Å². The number of rotatable bonds is 3. The summed E-state index contributed by atoms with van der Waals surface area (Å²) in [5.74, 6) is -0.174. The summed E-state index contributed by atoms with van der Waals surface area (Å²) in [5.41, 5.74) is 3.56. The van der Waals surface area contributed by atoms with E-state index in [9.17, 15) is 4.79 Å². The molecule has 1 amide bonds. The van der Waals surface area contributed by atoms with E-state index >= 15 is 0 Å². The summed E-state index contributed by atoms with van der Waals surface area (Å²) in [6, 6.07) is 11.5.